The Hall–Kier alpha value is -1.28. The highest BCUT2D eigenvalue weighted by Gasteiger charge is 2.37. The van der Waals surface area contributed by atoms with Crippen LogP contribution in [0.4, 0.5) is 0 Å². The van der Waals surface area contributed by atoms with Crippen molar-refractivity contribution in [2.24, 2.45) is 5.73 Å². The lowest BCUT2D eigenvalue weighted by Gasteiger charge is -2.37. The second-order valence-corrected chi connectivity index (χ2v) is 7.53. The highest BCUT2D eigenvalue weighted by atomic mass is 79.9. The molecule has 0 saturated carbocycles. The largest absolute Gasteiger partial charge is 0.367 e. The normalized spacial score (nSPS) is 21.0. The minimum absolute atomic E-state index is 0.0929. The lowest BCUT2D eigenvalue weighted by atomic mass is 9.91. The topological polar surface area (TPSA) is 68.5 Å². The Kier molecular flexibility index (Phi) is 4.82. The fourth-order valence-electron chi connectivity index (χ4n) is 2.62. The van der Waals surface area contributed by atoms with Crippen LogP contribution in [0.5, 0.6) is 0 Å². The van der Waals surface area contributed by atoms with Crippen molar-refractivity contribution in [2.45, 2.75) is 18.6 Å². The first-order valence-corrected chi connectivity index (χ1v) is 9.01. The van der Waals surface area contributed by atoms with Gasteiger partial charge in [-0.15, -0.1) is 11.3 Å². The summed E-state index contributed by atoms with van der Waals surface area (Å²) in [5.74, 6) is -0.0929. The van der Waals surface area contributed by atoms with E-state index >= 15 is 0 Å². The molecule has 3 rings (SSSR count). The second kappa shape index (κ2) is 6.68. The maximum Gasteiger partial charge on any atom is 0.247 e. The van der Waals surface area contributed by atoms with Crippen molar-refractivity contribution < 1.29 is 9.53 Å². The zero-order valence-corrected chi connectivity index (χ0v) is 15.1. The number of hydrogen-bond acceptors (Lipinski definition) is 5. The quantitative estimate of drug-likeness (QED) is 0.866. The van der Waals surface area contributed by atoms with Crippen LogP contribution in [0.3, 0.4) is 0 Å². The number of aromatic nitrogens is 1. The summed E-state index contributed by atoms with van der Waals surface area (Å²) in [6.07, 6.45) is 1.58. The summed E-state index contributed by atoms with van der Waals surface area (Å²) < 4.78 is 6.70. The Morgan fingerprint density at radius 3 is 2.87 bits per heavy atom. The molecule has 1 saturated heterocycles. The Bertz CT molecular complexity index is 673. The van der Waals surface area contributed by atoms with Gasteiger partial charge in [0.25, 0.3) is 0 Å². The van der Waals surface area contributed by atoms with Gasteiger partial charge in [-0.05, 0) is 24.6 Å². The van der Waals surface area contributed by atoms with Crippen LogP contribution in [0.25, 0.3) is 0 Å². The molecule has 1 fully saturated rings. The molecule has 0 bridgehead atoms. The van der Waals surface area contributed by atoms with E-state index in [2.05, 4.69) is 20.9 Å². The highest BCUT2D eigenvalue weighted by molar-refractivity contribution is 9.10. The maximum atomic E-state index is 12.9. The molecule has 1 aliphatic heterocycles. The molecule has 2 N–H and O–H groups in total. The molecule has 0 aliphatic carbocycles. The highest BCUT2D eigenvalue weighted by Crippen LogP contribution is 2.28. The average molecular weight is 396 g/mol. The second-order valence-electron chi connectivity index (χ2n) is 5.69. The summed E-state index contributed by atoms with van der Waals surface area (Å²) in [7, 11) is 0. The minimum Gasteiger partial charge on any atom is -0.367 e. The van der Waals surface area contributed by atoms with Gasteiger partial charge in [0.2, 0.25) is 5.91 Å². The summed E-state index contributed by atoms with van der Waals surface area (Å²) in [6.45, 7) is 3.28. The van der Waals surface area contributed by atoms with Crippen molar-refractivity contribution in [3.63, 3.8) is 0 Å². The van der Waals surface area contributed by atoms with Crippen LogP contribution in [0, 0.1) is 0 Å². The van der Waals surface area contributed by atoms with Crippen molar-refractivity contribution in [1.29, 1.82) is 0 Å². The van der Waals surface area contributed by atoms with E-state index in [9.17, 15) is 4.79 Å². The van der Waals surface area contributed by atoms with Gasteiger partial charge in [0.05, 0.1) is 13.2 Å². The number of ether oxygens (including phenoxy) is 1. The number of halogens is 1. The first kappa shape index (κ1) is 16.6. The number of carbonyl (C=O) groups excluding carboxylic acids is 1. The first-order chi connectivity index (χ1) is 11.0. The molecule has 5 nitrogen and oxygen atoms in total. The molecule has 1 aromatic carbocycles. The van der Waals surface area contributed by atoms with Crippen LogP contribution in [0.1, 0.15) is 23.6 Å². The molecule has 7 heteroatoms. The van der Waals surface area contributed by atoms with Gasteiger partial charge < -0.3 is 15.4 Å². The van der Waals surface area contributed by atoms with Crippen molar-refractivity contribution in [2.75, 3.05) is 19.7 Å². The van der Waals surface area contributed by atoms with Gasteiger partial charge in [-0.3, -0.25) is 4.79 Å². The zero-order chi connectivity index (χ0) is 16.4. The summed E-state index contributed by atoms with van der Waals surface area (Å²) >= 11 is 4.94. The van der Waals surface area contributed by atoms with Crippen LogP contribution in [-0.4, -0.2) is 35.5 Å². The van der Waals surface area contributed by atoms with E-state index in [-0.39, 0.29) is 12.0 Å². The zero-order valence-electron chi connectivity index (χ0n) is 12.7. The molecule has 2 heterocycles. The first-order valence-electron chi connectivity index (χ1n) is 7.34. The molecule has 2 atom stereocenters. The van der Waals surface area contributed by atoms with Crippen molar-refractivity contribution in [3.8, 4) is 0 Å². The van der Waals surface area contributed by atoms with E-state index in [0.717, 1.165) is 15.0 Å². The fourth-order valence-corrected chi connectivity index (χ4v) is 3.57. The molecular weight excluding hydrogens is 378 g/mol. The Morgan fingerprint density at radius 1 is 1.48 bits per heavy atom. The molecule has 0 spiro atoms. The number of carbonyl (C=O) groups is 1. The number of rotatable bonds is 3. The predicted molar refractivity (Wildman–Crippen MR) is 93.1 cm³/mol. The molecule has 122 valence electrons. The van der Waals surface area contributed by atoms with Crippen molar-refractivity contribution in [3.05, 3.63) is 50.9 Å². The summed E-state index contributed by atoms with van der Waals surface area (Å²) in [4.78, 5) is 19.0. The van der Waals surface area contributed by atoms with Crippen LogP contribution in [0.15, 0.2) is 40.3 Å². The number of nitrogens with zero attached hydrogens (tertiary/aromatic N) is 2. The lowest BCUT2D eigenvalue weighted by molar-refractivity contribution is -0.144. The smallest absolute Gasteiger partial charge is 0.247 e. The number of hydrogen-bond donors (Lipinski definition) is 1. The monoisotopic (exact) mass is 395 g/mol. The molecule has 1 aromatic heterocycles. The number of benzene rings is 1. The third kappa shape index (κ3) is 3.47. The predicted octanol–water partition coefficient (Wildman–Crippen LogP) is 2.68. The summed E-state index contributed by atoms with van der Waals surface area (Å²) in [6, 6.07) is 7.54. The van der Waals surface area contributed by atoms with Gasteiger partial charge >= 0.3 is 0 Å². The van der Waals surface area contributed by atoms with Gasteiger partial charge in [0, 0.05) is 22.6 Å². The number of thiazole rings is 1. The molecule has 0 radical (unpaired) electrons. The average Bonchev–Trinajstić information content (AvgIpc) is 3.09. The van der Waals surface area contributed by atoms with E-state index in [0.29, 0.717) is 19.7 Å². The Balaban J connectivity index is 1.77. The van der Waals surface area contributed by atoms with E-state index in [1.807, 2.05) is 29.6 Å². The van der Waals surface area contributed by atoms with Crippen LogP contribution < -0.4 is 5.73 Å². The van der Waals surface area contributed by atoms with Gasteiger partial charge in [0.1, 0.15) is 16.7 Å². The van der Waals surface area contributed by atoms with Gasteiger partial charge in [0.15, 0.2) is 0 Å². The lowest BCUT2D eigenvalue weighted by Crippen LogP contribution is -2.54. The third-order valence-electron chi connectivity index (χ3n) is 3.97. The van der Waals surface area contributed by atoms with Crippen LogP contribution in [0.2, 0.25) is 0 Å². The van der Waals surface area contributed by atoms with Crippen LogP contribution in [-0.2, 0) is 15.1 Å². The SMILES string of the molecule is CC(N)(C(=O)N1CCOC(c2nccs2)C1)c1ccc(Br)cc1. The van der Waals surface area contributed by atoms with E-state index in [1.165, 1.54) is 11.3 Å². The Morgan fingerprint density at radius 2 is 2.22 bits per heavy atom. The van der Waals surface area contributed by atoms with E-state index in [4.69, 9.17) is 10.5 Å². The molecule has 2 unspecified atom stereocenters. The fraction of sp³-hybridized carbons (Fsp3) is 0.375. The van der Waals surface area contributed by atoms with Crippen molar-refractivity contribution in [1.82, 2.24) is 9.88 Å². The minimum atomic E-state index is -1.06. The maximum absolute atomic E-state index is 12.9. The van der Waals surface area contributed by atoms with Crippen LogP contribution >= 0.6 is 27.3 Å². The molecule has 1 amide bonds. The third-order valence-corrected chi connectivity index (χ3v) is 5.36. The Labute approximate surface area is 147 Å². The number of morpholine rings is 1. The molecule has 23 heavy (non-hydrogen) atoms. The summed E-state index contributed by atoms with van der Waals surface area (Å²) in [5.41, 5.74) is 6.10. The van der Waals surface area contributed by atoms with E-state index in [1.54, 1.807) is 18.0 Å². The van der Waals surface area contributed by atoms with Gasteiger partial charge in [-0.1, -0.05) is 28.1 Å². The molecule has 1 aliphatic rings. The summed E-state index contributed by atoms with van der Waals surface area (Å²) in [5, 5.41) is 2.80. The van der Waals surface area contributed by atoms with Crippen molar-refractivity contribution >= 4 is 33.2 Å². The van der Waals surface area contributed by atoms with Gasteiger partial charge in [-0.25, -0.2) is 4.98 Å². The number of nitrogens with two attached hydrogens (primary N) is 1. The van der Waals surface area contributed by atoms with E-state index < -0.39 is 5.54 Å². The number of amides is 1. The molecular formula is C16H18BrN3O2S. The standard InChI is InChI=1S/C16H18BrN3O2S/c1-16(18,11-2-4-12(17)5-3-11)15(21)20-7-8-22-13(10-20)14-19-6-9-23-14/h2-6,9,13H,7-8,10,18H2,1H3. The molecule has 2 aromatic rings. The van der Waals surface area contributed by atoms with Gasteiger partial charge in [-0.2, -0.15) is 0 Å².